The van der Waals surface area contributed by atoms with Gasteiger partial charge in [-0.2, -0.15) is 0 Å². The van der Waals surface area contributed by atoms with E-state index in [-0.39, 0.29) is 17.7 Å². The molecule has 4 nitrogen and oxygen atoms in total. The minimum atomic E-state index is -0.0184. The lowest BCUT2D eigenvalue weighted by molar-refractivity contribution is -0.113. The van der Waals surface area contributed by atoms with Crippen molar-refractivity contribution in [2.45, 2.75) is 33.2 Å². The van der Waals surface area contributed by atoms with Crippen LogP contribution in [0.5, 0.6) is 0 Å². The number of carbonyl (C=O) groups is 1. The molecule has 138 valence electrons. The van der Waals surface area contributed by atoms with Crippen molar-refractivity contribution < 1.29 is 4.79 Å². The van der Waals surface area contributed by atoms with E-state index in [1.807, 2.05) is 38.3 Å². The molecule has 1 aliphatic heterocycles. The molecule has 1 aliphatic carbocycles. The summed E-state index contributed by atoms with van der Waals surface area (Å²) < 4.78 is 0. The summed E-state index contributed by atoms with van der Waals surface area (Å²) in [6, 6.07) is -0.0184. The molecule has 0 bridgehead atoms. The molecule has 2 N–H and O–H groups in total. The number of aliphatic imine (C=N–C) groups is 1. The van der Waals surface area contributed by atoms with Gasteiger partial charge in [-0.05, 0) is 44.6 Å². The monoisotopic (exact) mass is 351 g/mol. The number of ketones is 1. The zero-order chi connectivity index (χ0) is 19.3. The molecule has 0 fully saturated rings. The molecule has 0 saturated carbocycles. The van der Waals surface area contributed by atoms with Crippen molar-refractivity contribution in [3.05, 3.63) is 71.5 Å². The van der Waals surface area contributed by atoms with Crippen LogP contribution in [0.4, 0.5) is 0 Å². The van der Waals surface area contributed by atoms with E-state index in [0.717, 1.165) is 28.8 Å². The van der Waals surface area contributed by atoms with Crippen LogP contribution in [0.25, 0.3) is 0 Å². The Kier molecular flexibility index (Phi) is 6.56. The number of nitrogens with zero attached hydrogens (tertiary/aromatic N) is 2. The minimum absolute atomic E-state index is 0.0184. The number of carbonyl (C=O) groups excluding carboxylic acids is 1. The molecule has 26 heavy (non-hydrogen) atoms. The van der Waals surface area contributed by atoms with E-state index in [4.69, 9.17) is 5.73 Å². The molecule has 0 radical (unpaired) electrons. The van der Waals surface area contributed by atoms with E-state index in [1.54, 1.807) is 6.92 Å². The highest BCUT2D eigenvalue weighted by Gasteiger charge is 2.24. The Morgan fingerprint density at radius 3 is 2.81 bits per heavy atom. The summed E-state index contributed by atoms with van der Waals surface area (Å²) in [5.41, 5.74) is 9.94. The third-order valence-corrected chi connectivity index (χ3v) is 4.85. The van der Waals surface area contributed by atoms with E-state index in [9.17, 15) is 4.79 Å². The molecule has 0 saturated heterocycles. The molecular formula is C22H29N3O. The third kappa shape index (κ3) is 4.72. The van der Waals surface area contributed by atoms with Crippen LogP contribution in [0, 0.1) is 5.92 Å². The van der Waals surface area contributed by atoms with Crippen molar-refractivity contribution in [1.82, 2.24) is 4.90 Å². The number of likely N-dealkylation sites (N-methyl/N-ethyl adjacent to an activating group) is 1. The normalized spacial score (nSPS) is 28.2. The van der Waals surface area contributed by atoms with E-state index < -0.39 is 0 Å². The quantitative estimate of drug-likeness (QED) is 0.768. The van der Waals surface area contributed by atoms with E-state index in [0.29, 0.717) is 12.4 Å². The van der Waals surface area contributed by atoms with Crippen LogP contribution in [0.15, 0.2) is 76.5 Å². The number of amidine groups is 1. The Morgan fingerprint density at radius 2 is 2.15 bits per heavy atom. The van der Waals surface area contributed by atoms with Crippen LogP contribution in [0.1, 0.15) is 27.2 Å². The van der Waals surface area contributed by atoms with E-state index in [2.05, 4.69) is 41.6 Å². The second-order valence-electron chi connectivity index (χ2n) is 6.81. The van der Waals surface area contributed by atoms with Crippen LogP contribution in [0.3, 0.4) is 0 Å². The summed E-state index contributed by atoms with van der Waals surface area (Å²) in [7, 11) is 2.05. The van der Waals surface area contributed by atoms with Crippen molar-refractivity contribution in [3.8, 4) is 0 Å². The standard InChI is InChI=1S/C22H29N3O/c1-6-16(3)20-14-24-22(23)9-7-8-21(20)25(5)19-11-10-15(2)12-18(13-19)17(4)26/h7-13,19-20H,3,6,14H2,1-2,4-5H3,(H2,23,24)/b9-7+,21-8-. The molecule has 0 amide bonds. The van der Waals surface area contributed by atoms with Crippen LogP contribution in [-0.2, 0) is 4.79 Å². The molecule has 0 aromatic carbocycles. The molecule has 1 heterocycles. The van der Waals surface area contributed by atoms with Gasteiger partial charge in [0.1, 0.15) is 5.84 Å². The smallest absolute Gasteiger partial charge is 0.159 e. The fourth-order valence-corrected chi connectivity index (χ4v) is 3.12. The lowest BCUT2D eigenvalue weighted by Crippen LogP contribution is -2.34. The summed E-state index contributed by atoms with van der Waals surface area (Å²) in [6.45, 7) is 10.5. The molecule has 0 spiro atoms. The van der Waals surface area contributed by atoms with Gasteiger partial charge in [-0.1, -0.05) is 42.9 Å². The number of nitrogens with two attached hydrogens (primary N) is 1. The predicted octanol–water partition coefficient (Wildman–Crippen LogP) is 3.71. The summed E-state index contributed by atoms with van der Waals surface area (Å²) in [5.74, 6) is 0.697. The Labute approximate surface area is 156 Å². The summed E-state index contributed by atoms with van der Waals surface area (Å²) in [5, 5.41) is 0. The van der Waals surface area contributed by atoms with Crippen LogP contribution < -0.4 is 5.73 Å². The highest BCUT2D eigenvalue weighted by Crippen LogP contribution is 2.28. The van der Waals surface area contributed by atoms with E-state index in [1.165, 1.54) is 0 Å². The van der Waals surface area contributed by atoms with Crippen molar-refractivity contribution in [3.63, 3.8) is 0 Å². The molecule has 2 unspecified atom stereocenters. The summed E-state index contributed by atoms with van der Waals surface area (Å²) in [4.78, 5) is 18.6. The summed E-state index contributed by atoms with van der Waals surface area (Å²) >= 11 is 0. The zero-order valence-corrected chi connectivity index (χ0v) is 16.2. The van der Waals surface area contributed by atoms with Gasteiger partial charge in [-0.3, -0.25) is 9.79 Å². The van der Waals surface area contributed by atoms with Crippen molar-refractivity contribution in [2.75, 3.05) is 13.6 Å². The Balaban J connectivity index is 2.42. The number of hydrogen-bond donors (Lipinski definition) is 1. The molecule has 4 heteroatoms. The largest absolute Gasteiger partial charge is 0.384 e. The molecule has 0 aromatic rings. The third-order valence-electron chi connectivity index (χ3n) is 4.85. The summed E-state index contributed by atoms with van der Waals surface area (Å²) in [6.07, 6.45) is 14.8. The number of rotatable bonds is 5. The van der Waals surface area contributed by atoms with Gasteiger partial charge in [0.15, 0.2) is 5.78 Å². The minimum Gasteiger partial charge on any atom is -0.384 e. The second kappa shape index (κ2) is 8.65. The average Bonchev–Trinajstić information content (AvgIpc) is 2.79. The zero-order valence-electron chi connectivity index (χ0n) is 16.2. The first-order valence-corrected chi connectivity index (χ1v) is 9.01. The van der Waals surface area contributed by atoms with Gasteiger partial charge in [0.2, 0.25) is 0 Å². The van der Waals surface area contributed by atoms with Gasteiger partial charge in [-0.25, -0.2) is 0 Å². The van der Waals surface area contributed by atoms with Gasteiger partial charge < -0.3 is 10.6 Å². The van der Waals surface area contributed by atoms with E-state index >= 15 is 0 Å². The number of Topliss-reactive ketones (excluding diaryl/α,β-unsaturated/α-hetero) is 1. The van der Waals surface area contributed by atoms with Gasteiger partial charge in [0.25, 0.3) is 0 Å². The first-order valence-electron chi connectivity index (χ1n) is 9.01. The predicted molar refractivity (Wildman–Crippen MR) is 110 cm³/mol. The molecule has 2 aliphatic rings. The lowest BCUT2D eigenvalue weighted by atomic mass is 9.92. The molecular weight excluding hydrogens is 322 g/mol. The highest BCUT2D eigenvalue weighted by molar-refractivity contribution is 5.96. The van der Waals surface area contributed by atoms with Crippen LogP contribution in [0.2, 0.25) is 0 Å². The molecule has 2 rings (SSSR count). The van der Waals surface area contributed by atoms with Crippen molar-refractivity contribution in [2.24, 2.45) is 16.6 Å². The fraction of sp³-hybridized carbons (Fsp3) is 0.364. The van der Waals surface area contributed by atoms with Crippen LogP contribution >= 0.6 is 0 Å². The lowest BCUT2D eigenvalue weighted by Gasteiger charge is -2.34. The Hall–Kier alpha value is -2.62. The van der Waals surface area contributed by atoms with Gasteiger partial charge in [-0.15, -0.1) is 0 Å². The number of allylic oxidation sites excluding steroid dienone is 6. The molecule has 2 atom stereocenters. The first-order chi connectivity index (χ1) is 12.3. The average molecular weight is 351 g/mol. The topological polar surface area (TPSA) is 58.7 Å². The fourth-order valence-electron chi connectivity index (χ4n) is 3.12. The SMILES string of the molecule is C=C(CC)C1C\N=C(N)/C=C/C=C/1N(C)C1C=CC(C)=CC(C(C)=O)=C1. The van der Waals surface area contributed by atoms with Gasteiger partial charge >= 0.3 is 0 Å². The Morgan fingerprint density at radius 1 is 1.42 bits per heavy atom. The highest BCUT2D eigenvalue weighted by atomic mass is 16.1. The van der Waals surface area contributed by atoms with Gasteiger partial charge in [0.05, 0.1) is 12.6 Å². The second-order valence-corrected chi connectivity index (χ2v) is 6.81. The van der Waals surface area contributed by atoms with Gasteiger partial charge in [0, 0.05) is 24.2 Å². The maximum atomic E-state index is 12.0. The van der Waals surface area contributed by atoms with Crippen molar-refractivity contribution in [1.29, 1.82) is 0 Å². The molecule has 0 aromatic heterocycles. The van der Waals surface area contributed by atoms with Crippen molar-refractivity contribution >= 4 is 11.6 Å². The maximum Gasteiger partial charge on any atom is 0.159 e. The number of hydrogen-bond acceptors (Lipinski definition) is 4. The first kappa shape index (κ1) is 19.7. The van der Waals surface area contributed by atoms with Crippen LogP contribution in [-0.4, -0.2) is 36.2 Å². The maximum absolute atomic E-state index is 12.0. The Bertz CT molecular complexity index is 762.